The van der Waals surface area contributed by atoms with E-state index in [0.717, 1.165) is 28.3 Å². The number of hydrogen-bond donors (Lipinski definition) is 0. The molecule has 0 N–H and O–H groups in total. The second-order valence-electron chi connectivity index (χ2n) is 5.31. The first-order valence-corrected chi connectivity index (χ1v) is 8.31. The Labute approximate surface area is 131 Å². The molecule has 1 aromatic carbocycles. The lowest BCUT2D eigenvalue weighted by Crippen LogP contribution is -2.10. The molecule has 0 aliphatic carbocycles. The van der Waals surface area contributed by atoms with Crippen LogP contribution >= 0.6 is 23.2 Å². The van der Waals surface area contributed by atoms with E-state index in [1.807, 2.05) is 18.2 Å². The molecule has 1 aromatic heterocycles. The largest absolute Gasteiger partial charge is 0.325 e. The Morgan fingerprint density at radius 3 is 2.80 bits per heavy atom. The van der Waals surface area contributed by atoms with Gasteiger partial charge < -0.3 is 4.57 Å². The van der Waals surface area contributed by atoms with E-state index >= 15 is 0 Å². The van der Waals surface area contributed by atoms with Crippen molar-refractivity contribution in [3.8, 4) is 0 Å². The van der Waals surface area contributed by atoms with Crippen LogP contribution in [0, 0.1) is 0 Å². The van der Waals surface area contributed by atoms with Crippen LogP contribution in [0.25, 0.3) is 11.0 Å². The fourth-order valence-corrected chi connectivity index (χ4v) is 3.02. The number of unbranched alkanes of at least 4 members (excludes halogenated alkanes) is 2. The molecular formula is C16H22Cl2N2. The maximum Gasteiger partial charge on any atom is 0.111 e. The molecule has 0 saturated carbocycles. The number of aryl methyl sites for hydroxylation is 1. The van der Waals surface area contributed by atoms with Crippen molar-refractivity contribution in [3.05, 3.63) is 29.0 Å². The summed E-state index contributed by atoms with van der Waals surface area (Å²) >= 11 is 12.1. The van der Waals surface area contributed by atoms with E-state index in [1.54, 1.807) is 0 Å². The van der Waals surface area contributed by atoms with Crippen molar-refractivity contribution < 1.29 is 0 Å². The minimum absolute atomic E-state index is 0.434. The van der Waals surface area contributed by atoms with Gasteiger partial charge in [-0.3, -0.25) is 0 Å². The number of nitrogens with zero attached hydrogens (tertiary/aromatic N) is 2. The van der Waals surface area contributed by atoms with Crippen molar-refractivity contribution in [1.82, 2.24) is 9.55 Å². The van der Waals surface area contributed by atoms with Gasteiger partial charge in [-0.15, -0.1) is 11.6 Å². The quantitative estimate of drug-likeness (QED) is 0.480. The Hall–Kier alpha value is -0.730. The normalized spacial score (nSPS) is 13.0. The number of imidazole rings is 1. The Morgan fingerprint density at radius 2 is 2.10 bits per heavy atom. The van der Waals surface area contributed by atoms with Crippen molar-refractivity contribution in [2.75, 3.05) is 5.88 Å². The highest BCUT2D eigenvalue weighted by Crippen LogP contribution is 2.27. The first-order valence-electron chi connectivity index (χ1n) is 7.39. The lowest BCUT2D eigenvalue weighted by Gasteiger charge is -2.17. The summed E-state index contributed by atoms with van der Waals surface area (Å²) in [7, 11) is 0. The van der Waals surface area contributed by atoms with E-state index in [2.05, 4.69) is 18.4 Å². The topological polar surface area (TPSA) is 17.8 Å². The smallest absolute Gasteiger partial charge is 0.111 e. The number of fused-ring (bicyclic) bond motifs is 1. The maximum atomic E-state index is 6.14. The van der Waals surface area contributed by atoms with Gasteiger partial charge >= 0.3 is 0 Å². The Kier molecular flexibility index (Phi) is 5.74. The van der Waals surface area contributed by atoms with Crippen molar-refractivity contribution in [1.29, 1.82) is 0 Å². The summed E-state index contributed by atoms with van der Waals surface area (Å²) in [5, 5.41) is 0.761. The molecule has 2 rings (SSSR count). The van der Waals surface area contributed by atoms with Crippen LogP contribution in [0.1, 0.15) is 51.4 Å². The molecule has 2 aromatic rings. The predicted molar refractivity (Wildman–Crippen MR) is 88.0 cm³/mol. The monoisotopic (exact) mass is 312 g/mol. The predicted octanol–water partition coefficient (Wildman–Crippen LogP) is 5.61. The lowest BCUT2D eigenvalue weighted by molar-refractivity contribution is 0.474. The second-order valence-corrected chi connectivity index (χ2v) is 6.13. The molecule has 0 amide bonds. The molecule has 1 atom stereocenters. The van der Waals surface area contributed by atoms with Gasteiger partial charge in [0.05, 0.1) is 11.0 Å². The minimum atomic E-state index is 0.434. The van der Waals surface area contributed by atoms with Gasteiger partial charge in [-0.1, -0.05) is 37.8 Å². The van der Waals surface area contributed by atoms with Gasteiger partial charge in [-0.25, -0.2) is 4.98 Å². The molecule has 0 spiro atoms. The van der Waals surface area contributed by atoms with Gasteiger partial charge in [-0.2, -0.15) is 0 Å². The summed E-state index contributed by atoms with van der Waals surface area (Å²) < 4.78 is 2.32. The van der Waals surface area contributed by atoms with Gasteiger partial charge in [0.15, 0.2) is 0 Å². The van der Waals surface area contributed by atoms with Crippen LogP contribution in [0.2, 0.25) is 5.02 Å². The number of halogens is 2. The van der Waals surface area contributed by atoms with E-state index in [1.165, 1.54) is 25.7 Å². The fraction of sp³-hybridized carbons (Fsp3) is 0.562. The molecular weight excluding hydrogens is 291 g/mol. The first-order chi connectivity index (χ1) is 9.67. The second kappa shape index (κ2) is 7.33. The number of alkyl halides is 1. The highest BCUT2D eigenvalue weighted by molar-refractivity contribution is 6.31. The van der Waals surface area contributed by atoms with Crippen LogP contribution in [-0.4, -0.2) is 15.4 Å². The van der Waals surface area contributed by atoms with E-state index in [4.69, 9.17) is 28.2 Å². The SMILES string of the molecule is CCCCCC(C)n1c(CCCl)nc2ccc(Cl)cc21. The zero-order valence-electron chi connectivity index (χ0n) is 12.2. The molecule has 0 fully saturated rings. The van der Waals surface area contributed by atoms with Crippen LogP contribution in [-0.2, 0) is 6.42 Å². The van der Waals surface area contributed by atoms with Crippen molar-refractivity contribution in [2.24, 2.45) is 0 Å². The summed E-state index contributed by atoms with van der Waals surface area (Å²) in [5.41, 5.74) is 2.14. The zero-order valence-corrected chi connectivity index (χ0v) is 13.7. The third-order valence-electron chi connectivity index (χ3n) is 3.71. The van der Waals surface area contributed by atoms with E-state index in [9.17, 15) is 0 Å². The van der Waals surface area contributed by atoms with Gasteiger partial charge in [0.1, 0.15) is 5.82 Å². The van der Waals surface area contributed by atoms with Crippen LogP contribution in [0.4, 0.5) is 0 Å². The van der Waals surface area contributed by atoms with Gasteiger partial charge in [-0.05, 0) is 31.5 Å². The average Bonchev–Trinajstić information content (AvgIpc) is 2.76. The molecule has 110 valence electrons. The maximum absolute atomic E-state index is 6.14. The highest BCUT2D eigenvalue weighted by Gasteiger charge is 2.15. The minimum Gasteiger partial charge on any atom is -0.325 e. The summed E-state index contributed by atoms with van der Waals surface area (Å²) in [5.74, 6) is 1.67. The van der Waals surface area contributed by atoms with Gasteiger partial charge in [0.2, 0.25) is 0 Å². The summed E-state index contributed by atoms with van der Waals surface area (Å²) in [6.07, 6.45) is 5.74. The third kappa shape index (κ3) is 3.48. The Bertz CT molecular complexity index is 563. The van der Waals surface area contributed by atoms with Crippen molar-refractivity contribution in [3.63, 3.8) is 0 Å². The molecule has 1 unspecified atom stereocenters. The standard InChI is InChI=1S/C16H22Cl2N2/c1-3-4-5-6-12(2)20-15-11-13(18)7-8-14(15)19-16(20)9-10-17/h7-8,11-12H,3-6,9-10H2,1-2H3. The van der Waals surface area contributed by atoms with Crippen LogP contribution in [0.5, 0.6) is 0 Å². The summed E-state index contributed by atoms with van der Waals surface area (Å²) in [6.45, 7) is 4.49. The zero-order chi connectivity index (χ0) is 14.5. The van der Waals surface area contributed by atoms with Crippen LogP contribution in [0.15, 0.2) is 18.2 Å². The van der Waals surface area contributed by atoms with Gasteiger partial charge in [0, 0.05) is 23.4 Å². The fourth-order valence-electron chi connectivity index (χ4n) is 2.69. The number of aromatic nitrogens is 2. The average molecular weight is 313 g/mol. The summed E-state index contributed by atoms with van der Waals surface area (Å²) in [4.78, 5) is 4.71. The van der Waals surface area contributed by atoms with Crippen LogP contribution in [0.3, 0.4) is 0 Å². The Balaban J connectivity index is 2.36. The number of hydrogen-bond acceptors (Lipinski definition) is 1. The molecule has 20 heavy (non-hydrogen) atoms. The van der Waals surface area contributed by atoms with E-state index in [-0.39, 0.29) is 0 Å². The third-order valence-corrected chi connectivity index (χ3v) is 4.13. The van der Waals surface area contributed by atoms with E-state index in [0.29, 0.717) is 11.9 Å². The van der Waals surface area contributed by atoms with E-state index < -0.39 is 0 Å². The lowest BCUT2D eigenvalue weighted by atomic mass is 10.1. The van der Waals surface area contributed by atoms with Crippen LogP contribution < -0.4 is 0 Å². The summed E-state index contributed by atoms with van der Waals surface area (Å²) in [6, 6.07) is 6.33. The molecule has 0 radical (unpaired) electrons. The molecule has 0 bridgehead atoms. The molecule has 0 saturated heterocycles. The van der Waals surface area contributed by atoms with Crippen molar-refractivity contribution >= 4 is 34.2 Å². The highest BCUT2D eigenvalue weighted by atomic mass is 35.5. The van der Waals surface area contributed by atoms with Crippen molar-refractivity contribution in [2.45, 2.75) is 52.0 Å². The molecule has 2 nitrogen and oxygen atoms in total. The molecule has 0 aliphatic heterocycles. The Morgan fingerprint density at radius 1 is 1.30 bits per heavy atom. The first kappa shape index (κ1) is 15.7. The molecule has 4 heteroatoms. The number of benzene rings is 1. The number of rotatable bonds is 7. The van der Waals surface area contributed by atoms with Gasteiger partial charge in [0.25, 0.3) is 0 Å². The molecule has 0 aliphatic rings. The molecule has 1 heterocycles.